The van der Waals surface area contributed by atoms with Crippen molar-refractivity contribution in [2.24, 2.45) is 0 Å². The minimum atomic E-state index is -3.73. The van der Waals surface area contributed by atoms with Crippen LogP contribution in [0.1, 0.15) is 11.3 Å². The average molecular weight is 302 g/mol. The number of rotatable bonds is 4. The zero-order valence-corrected chi connectivity index (χ0v) is 11.6. The highest BCUT2D eigenvalue weighted by Gasteiger charge is 2.19. The van der Waals surface area contributed by atoms with E-state index in [1.807, 2.05) is 0 Å². The highest BCUT2D eigenvalue weighted by atomic mass is 32.2. The Morgan fingerprint density at radius 3 is 2.47 bits per heavy atom. The molecule has 0 saturated heterocycles. The van der Waals surface area contributed by atoms with Crippen LogP contribution >= 0.6 is 11.3 Å². The Hall–Kier alpha value is -1.51. The molecule has 2 N–H and O–H groups in total. The lowest BCUT2D eigenvalue weighted by atomic mass is 10.2. The molecule has 0 unspecified atom stereocenters. The maximum Gasteiger partial charge on any atom is 0.305 e. The summed E-state index contributed by atoms with van der Waals surface area (Å²) in [5, 5.41) is 0. The molecule has 0 saturated carbocycles. The van der Waals surface area contributed by atoms with Crippen molar-refractivity contribution in [3.63, 3.8) is 0 Å². The van der Waals surface area contributed by atoms with E-state index in [0.717, 1.165) is 0 Å². The molecule has 0 atom stereocenters. The molecule has 0 fully saturated rings. The maximum atomic E-state index is 12.7. The van der Waals surface area contributed by atoms with Crippen molar-refractivity contribution in [2.45, 2.75) is 17.7 Å². The first-order valence-corrected chi connectivity index (χ1v) is 7.62. The van der Waals surface area contributed by atoms with Crippen LogP contribution in [0.2, 0.25) is 0 Å². The fourth-order valence-electron chi connectivity index (χ4n) is 1.49. The van der Waals surface area contributed by atoms with E-state index in [2.05, 4.69) is 9.71 Å². The number of aryl methyl sites for hydroxylation is 1. The van der Waals surface area contributed by atoms with Crippen LogP contribution in [0.3, 0.4) is 0 Å². The van der Waals surface area contributed by atoms with Gasteiger partial charge in [-0.2, -0.15) is 0 Å². The van der Waals surface area contributed by atoms with Crippen molar-refractivity contribution >= 4 is 21.4 Å². The van der Waals surface area contributed by atoms with E-state index in [-0.39, 0.29) is 16.6 Å². The summed E-state index contributed by atoms with van der Waals surface area (Å²) in [5.41, 5.74) is 0.937. The van der Waals surface area contributed by atoms with Gasteiger partial charge in [0.1, 0.15) is 5.82 Å². The molecular formula is C11H11FN2O3S2. The summed E-state index contributed by atoms with van der Waals surface area (Å²) in [6.07, 6.45) is 0. The summed E-state index contributed by atoms with van der Waals surface area (Å²) in [7, 11) is -3.73. The van der Waals surface area contributed by atoms with Crippen LogP contribution in [0.4, 0.5) is 4.39 Å². The lowest BCUT2D eigenvalue weighted by Crippen LogP contribution is -2.23. The van der Waals surface area contributed by atoms with Crippen LogP contribution in [0.15, 0.2) is 33.3 Å². The second kappa shape index (κ2) is 5.24. The number of thiazole rings is 1. The molecule has 0 aliphatic heterocycles. The lowest BCUT2D eigenvalue weighted by Gasteiger charge is -2.05. The van der Waals surface area contributed by atoms with Crippen molar-refractivity contribution < 1.29 is 12.8 Å². The third-order valence-electron chi connectivity index (χ3n) is 2.40. The van der Waals surface area contributed by atoms with Crippen LogP contribution < -0.4 is 9.60 Å². The van der Waals surface area contributed by atoms with Crippen molar-refractivity contribution in [3.05, 3.63) is 51.0 Å². The number of hydrogen-bond acceptors (Lipinski definition) is 4. The smallest absolute Gasteiger partial charge is 0.305 e. The molecule has 0 spiro atoms. The number of benzene rings is 1. The monoisotopic (exact) mass is 302 g/mol. The van der Waals surface area contributed by atoms with E-state index in [1.165, 1.54) is 31.2 Å². The van der Waals surface area contributed by atoms with Gasteiger partial charge >= 0.3 is 4.87 Å². The normalized spacial score (nSPS) is 11.7. The number of aromatic amines is 1. The largest absolute Gasteiger partial charge is 0.315 e. The molecule has 8 heteroatoms. The number of halogens is 1. The molecule has 1 aromatic heterocycles. The molecule has 0 aliphatic carbocycles. The van der Waals surface area contributed by atoms with Crippen LogP contribution in [-0.2, 0) is 16.6 Å². The molecule has 1 heterocycles. The molecule has 2 aromatic rings. The molecule has 1 aromatic carbocycles. The zero-order valence-electron chi connectivity index (χ0n) is 9.94. The molecule has 2 rings (SSSR count). The van der Waals surface area contributed by atoms with Gasteiger partial charge in [0, 0.05) is 12.2 Å². The molecule has 0 bridgehead atoms. The second-order valence-corrected chi connectivity index (χ2v) is 6.82. The Kier molecular flexibility index (Phi) is 3.83. The summed E-state index contributed by atoms with van der Waals surface area (Å²) >= 11 is 0.637. The number of sulfonamides is 1. The lowest BCUT2D eigenvalue weighted by molar-refractivity contribution is 0.582. The average Bonchev–Trinajstić information content (AvgIpc) is 2.69. The number of H-pyrrole nitrogens is 1. The van der Waals surface area contributed by atoms with Crippen LogP contribution in [-0.4, -0.2) is 13.4 Å². The highest BCUT2D eigenvalue weighted by molar-refractivity contribution is 7.91. The Labute approximate surface area is 113 Å². The summed E-state index contributed by atoms with van der Waals surface area (Å²) in [6, 6.07) is 5.49. The van der Waals surface area contributed by atoms with Gasteiger partial charge in [0.15, 0.2) is 4.21 Å². The van der Waals surface area contributed by atoms with Crippen molar-refractivity contribution in [1.82, 2.24) is 9.71 Å². The predicted octanol–water partition coefficient (Wildman–Crippen LogP) is 1.36. The van der Waals surface area contributed by atoms with Gasteiger partial charge in [-0.15, -0.1) is 0 Å². The summed E-state index contributed by atoms with van der Waals surface area (Å²) in [4.78, 5) is 13.1. The fraction of sp³-hybridized carbons (Fsp3) is 0.182. The van der Waals surface area contributed by atoms with Crippen molar-refractivity contribution in [3.8, 4) is 0 Å². The number of hydrogen-bond donors (Lipinski definition) is 2. The first-order valence-electron chi connectivity index (χ1n) is 5.32. The van der Waals surface area contributed by atoms with Crippen LogP contribution in [0.5, 0.6) is 0 Å². The Morgan fingerprint density at radius 2 is 1.95 bits per heavy atom. The number of aromatic nitrogens is 1. The summed E-state index contributed by atoms with van der Waals surface area (Å²) in [5.74, 6) is -0.383. The van der Waals surface area contributed by atoms with Gasteiger partial charge in [-0.25, -0.2) is 17.5 Å². The fourth-order valence-corrected chi connectivity index (χ4v) is 3.85. The molecule has 0 amide bonds. The highest BCUT2D eigenvalue weighted by Crippen LogP contribution is 2.16. The quantitative estimate of drug-likeness (QED) is 0.895. The molecule has 0 radical (unpaired) electrons. The SMILES string of the molecule is Cc1[nH]c(=O)sc1S(=O)(=O)NCc1ccc(F)cc1. The van der Waals surface area contributed by atoms with Gasteiger partial charge in [0.25, 0.3) is 10.0 Å². The van der Waals surface area contributed by atoms with E-state index in [4.69, 9.17) is 0 Å². The Bertz CT molecular complexity index is 732. The van der Waals surface area contributed by atoms with E-state index >= 15 is 0 Å². The summed E-state index contributed by atoms with van der Waals surface area (Å²) < 4.78 is 39.0. The van der Waals surface area contributed by atoms with Gasteiger partial charge < -0.3 is 4.98 Å². The predicted molar refractivity (Wildman–Crippen MR) is 70.1 cm³/mol. The van der Waals surface area contributed by atoms with Crippen molar-refractivity contribution in [1.29, 1.82) is 0 Å². The van der Waals surface area contributed by atoms with Gasteiger partial charge in [0.2, 0.25) is 0 Å². The van der Waals surface area contributed by atoms with E-state index in [0.29, 0.717) is 22.6 Å². The Balaban J connectivity index is 2.16. The van der Waals surface area contributed by atoms with Gasteiger partial charge in [-0.1, -0.05) is 23.5 Å². The molecular weight excluding hydrogens is 291 g/mol. The molecule has 102 valence electrons. The zero-order chi connectivity index (χ0) is 14.0. The maximum absolute atomic E-state index is 12.7. The van der Waals surface area contributed by atoms with E-state index in [1.54, 1.807) is 0 Å². The van der Waals surface area contributed by atoms with Crippen LogP contribution in [0.25, 0.3) is 0 Å². The third kappa shape index (κ3) is 3.28. The van der Waals surface area contributed by atoms with E-state index < -0.39 is 14.9 Å². The topological polar surface area (TPSA) is 79.0 Å². The standard InChI is InChI=1S/C11H11FN2O3S2/c1-7-10(18-11(15)14-7)19(16,17)13-6-8-2-4-9(12)5-3-8/h2-5,13H,6H2,1H3,(H,14,15). The van der Waals surface area contributed by atoms with Crippen molar-refractivity contribution in [2.75, 3.05) is 0 Å². The van der Waals surface area contributed by atoms with Gasteiger partial charge in [-0.3, -0.25) is 4.79 Å². The van der Waals surface area contributed by atoms with Gasteiger partial charge in [0.05, 0.1) is 0 Å². The first kappa shape index (κ1) is 13.9. The van der Waals surface area contributed by atoms with Crippen LogP contribution in [0, 0.1) is 12.7 Å². The Morgan fingerprint density at radius 1 is 1.32 bits per heavy atom. The number of nitrogens with one attached hydrogen (secondary N) is 2. The first-order chi connectivity index (χ1) is 8.88. The minimum absolute atomic E-state index is 0.0281. The van der Waals surface area contributed by atoms with Gasteiger partial charge in [-0.05, 0) is 24.6 Å². The molecule has 5 nitrogen and oxygen atoms in total. The third-order valence-corrected chi connectivity index (χ3v) is 5.41. The summed E-state index contributed by atoms with van der Waals surface area (Å²) in [6.45, 7) is 1.55. The minimum Gasteiger partial charge on any atom is -0.315 e. The molecule has 0 aliphatic rings. The second-order valence-electron chi connectivity index (χ2n) is 3.88. The van der Waals surface area contributed by atoms with E-state index in [9.17, 15) is 17.6 Å². The molecule has 19 heavy (non-hydrogen) atoms.